The number of nitriles is 1. The van der Waals surface area contributed by atoms with E-state index >= 15 is 0 Å². The van der Waals surface area contributed by atoms with Crippen molar-refractivity contribution in [1.82, 2.24) is 14.7 Å². The summed E-state index contributed by atoms with van der Waals surface area (Å²) in [4.78, 5) is 26.7. The average Bonchev–Trinajstić information content (AvgIpc) is 3.29. The lowest BCUT2D eigenvalue weighted by molar-refractivity contribution is 0.102. The minimum atomic E-state index is -0.742. The van der Waals surface area contributed by atoms with Crippen LogP contribution in [0.25, 0.3) is 22.3 Å². The van der Waals surface area contributed by atoms with Crippen LogP contribution in [0, 0.1) is 11.3 Å². The molecule has 0 saturated carbocycles. The van der Waals surface area contributed by atoms with Crippen molar-refractivity contribution < 1.29 is 9.32 Å². The Kier molecular flexibility index (Phi) is 4.44. The third-order valence-electron chi connectivity index (χ3n) is 4.50. The monoisotopic (exact) mass is 452 g/mol. The first kappa shape index (κ1) is 18.5. The number of nitrogen functional groups attached to an aromatic ring is 1. The van der Waals surface area contributed by atoms with Crippen LogP contribution in [0.4, 0.5) is 11.4 Å². The predicted molar refractivity (Wildman–Crippen MR) is 110 cm³/mol. The fourth-order valence-electron chi connectivity index (χ4n) is 3.13. The first-order valence-electron chi connectivity index (χ1n) is 8.34. The number of nitrogens with zero attached hydrogens (tertiary/aromatic N) is 3. The molecule has 29 heavy (non-hydrogen) atoms. The molecule has 0 radical (unpaired) electrons. The number of rotatable bonds is 3. The number of carbonyl (C=O) groups is 1. The lowest BCUT2D eigenvalue weighted by Gasteiger charge is -2.10. The Hall–Kier alpha value is -3.84. The second-order valence-electron chi connectivity index (χ2n) is 6.26. The fraction of sp³-hybridized carbons (Fsp3) is 0.0526. The van der Waals surface area contributed by atoms with Gasteiger partial charge in [-0.25, -0.2) is 4.79 Å². The van der Waals surface area contributed by atoms with Gasteiger partial charge in [0.25, 0.3) is 5.91 Å². The number of hydrogen-bond acceptors (Lipinski definition) is 6. The van der Waals surface area contributed by atoms with E-state index in [9.17, 15) is 9.59 Å². The van der Waals surface area contributed by atoms with E-state index in [0.717, 1.165) is 15.4 Å². The summed E-state index contributed by atoms with van der Waals surface area (Å²) in [6, 6.07) is 11.9. The van der Waals surface area contributed by atoms with Crippen LogP contribution >= 0.6 is 15.9 Å². The molecule has 1 amide bonds. The summed E-state index contributed by atoms with van der Waals surface area (Å²) in [6.07, 6.45) is 0. The number of amides is 1. The number of halogens is 1. The first-order valence-corrected chi connectivity index (χ1v) is 9.13. The van der Waals surface area contributed by atoms with Crippen molar-refractivity contribution in [1.29, 1.82) is 5.26 Å². The predicted octanol–water partition coefficient (Wildman–Crippen LogP) is 2.99. The normalized spacial score (nSPS) is 10.8. The van der Waals surface area contributed by atoms with Gasteiger partial charge in [0.2, 0.25) is 0 Å². The smallest absolute Gasteiger partial charge is 0.397 e. The van der Waals surface area contributed by atoms with E-state index in [1.54, 1.807) is 35.9 Å². The lowest BCUT2D eigenvalue weighted by atomic mass is 10.1. The van der Waals surface area contributed by atoms with E-state index < -0.39 is 11.7 Å². The second kappa shape index (κ2) is 6.96. The van der Waals surface area contributed by atoms with E-state index in [1.807, 2.05) is 12.1 Å². The van der Waals surface area contributed by atoms with E-state index in [2.05, 4.69) is 35.9 Å². The van der Waals surface area contributed by atoms with Gasteiger partial charge in [-0.15, -0.1) is 0 Å². The van der Waals surface area contributed by atoms with Gasteiger partial charge < -0.3 is 15.6 Å². The number of fused-ring (bicyclic) bond motifs is 1. The highest BCUT2D eigenvalue weighted by atomic mass is 79.9. The van der Waals surface area contributed by atoms with Gasteiger partial charge in [0.15, 0.2) is 5.82 Å². The minimum Gasteiger partial charge on any atom is -0.397 e. The molecule has 0 bridgehead atoms. The Bertz CT molecular complexity index is 1380. The van der Waals surface area contributed by atoms with Gasteiger partial charge in [-0.1, -0.05) is 21.1 Å². The van der Waals surface area contributed by atoms with Gasteiger partial charge in [-0.3, -0.25) is 14.3 Å². The molecule has 144 valence electrons. The molecule has 2 aromatic carbocycles. The molecular weight excluding hydrogens is 440 g/mol. The third kappa shape index (κ3) is 3.17. The summed E-state index contributed by atoms with van der Waals surface area (Å²) in [5.41, 5.74) is 8.76. The molecule has 4 N–H and O–H groups in total. The Balaban J connectivity index is 1.78. The number of hydrogen-bond donors (Lipinski definition) is 3. The SMILES string of the molecule is Cn1c(C(=O)Nc2ccc(C#N)cc2-c2noc(=O)[nH]2)cc2c(Br)ccc(N)c21. The molecular formula is C19H13BrN6O3. The Morgan fingerprint density at radius 2 is 2.14 bits per heavy atom. The van der Waals surface area contributed by atoms with Crippen LogP contribution < -0.4 is 16.8 Å². The standard InChI is InChI=1S/C19H13BrN6O3/c1-26-15(7-10-12(20)3-4-13(22)16(10)26)18(27)23-14-5-2-9(8-21)6-11(14)17-24-19(28)29-25-17/h2-7H,22H2,1H3,(H,23,27)(H,24,25,28). The highest BCUT2D eigenvalue weighted by Crippen LogP contribution is 2.32. The molecule has 2 heterocycles. The molecule has 0 atom stereocenters. The van der Waals surface area contributed by atoms with Crippen LogP contribution in [0.2, 0.25) is 0 Å². The quantitative estimate of drug-likeness (QED) is 0.407. The first-order chi connectivity index (χ1) is 13.9. The number of aryl methyl sites for hydroxylation is 1. The number of aromatic amines is 1. The third-order valence-corrected chi connectivity index (χ3v) is 5.19. The number of nitrogens with two attached hydrogens (primary N) is 1. The molecule has 10 heteroatoms. The minimum absolute atomic E-state index is 0.103. The molecule has 0 spiro atoms. The Morgan fingerprint density at radius 3 is 2.79 bits per heavy atom. The van der Waals surface area contributed by atoms with Crippen molar-refractivity contribution in [3.63, 3.8) is 0 Å². The molecule has 9 nitrogen and oxygen atoms in total. The number of nitrogens with one attached hydrogen (secondary N) is 2. The zero-order chi connectivity index (χ0) is 20.7. The van der Waals surface area contributed by atoms with Crippen LogP contribution in [0.5, 0.6) is 0 Å². The number of H-pyrrole nitrogens is 1. The highest BCUT2D eigenvalue weighted by molar-refractivity contribution is 9.10. The van der Waals surface area contributed by atoms with Crippen molar-refractivity contribution in [3.05, 3.63) is 62.7 Å². The summed E-state index contributed by atoms with van der Waals surface area (Å²) in [7, 11) is 1.74. The van der Waals surface area contributed by atoms with Crippen LogP contribution in [-0.2, 0) is 7.05 Å². The largest absolute Gasteiger partial charge is 0.439 e. The molecule has 0 fully saturated rings. The molecule has 0 unspecified atom stereocenters. The molecule has 0 aliphatic heterocycles. The summed E-state index contributed by atoms with van der Waals surface area (Å²) < 4.78 is 7.06. The van der Waals surface area contributed by atoms with E-state index in [-0.39, 0.29) is 5.82 Å². The van der Waals surface area contributed by atoms with Gasteiger partial charge >= 0.3 is 5.76 Å². The molecule has 4 aromatic rings. The van der Waals surface area contributed by atoms with E-state index in [1.165, 1.54) is 6.07 Å². The maximum atomic E-state index is 13.0. The molecule has 0 aliphatic carbocycles. The molecule has 0 saturated heterocycles. The van der Waals surface area contributed by atoms with Gasteiger partial charge in [-0.2, -0.15) is 5.26 Å². The van der Waals surface area contributed by atoms with Crippen molar-refractivity contribution in [2.24, 2.45) is 7.05 Å². The van der Waals surface area contributed by atoms with E-state index in [0.29, 0.717) is 28.2 Å². The average molecular weight is 453 g/mol. The van der Waals surface area contributed by atoms with Gasteiger partial charge in [0.1, 0.15) is 5.69 Å². The zero-order valence-corrected chi connectivity index (χ0v) is 16.6. The summed E-state index contributed by atoms with van der Waals surface area (Å²) >= 11 is 3.47. The number of anilines is 2. The summed E-state index contributed by atoms with van der Waals surface area (Å²) in [5, 5.41) is 16.4. The molecule has 2 aromatic heterocycles. The topological polar surface area (TPSA) is 143 Å². The highest BCUT2D eigenvalue weighted by Gasteiger charge is 2.19. The van der Waals surface area contributed by atoms with Crippen molar-refractivity contribution in [2.45, 2.75) is 0 Å². The lowest BCUT2D eigenvalue weighted by Crippen LogP contribution is -2.16. The van der Waals surface area contributed by atoms with Gasteiger partial charge in [-0.05, 0) is 36.4 Å². The Morgan fingerprint density at radius 1 is 1.34 bits per heavy atom. The van der Waals surface area contributed by atoms with Gasteiger partial charge in [0.05, 0.1) is 28.5 Å². The zero-order valence-electron chi connectivity index (χ0n) is 15.0. The van der Waals surface area contributed by atoms with Crippen molar-refractivity contribution in [2.75, 3.05) is 11.1 Å². The van der Waals surface area contributed by atoms with Crippen LogP contribution in [0.1, 0.15) is 16.1 Å². The molecule has 4 rings (SSSR count). The maximum absolute atomic E-state index is 13.0. The molecule has 0 aliphatic rings. The maximum Gasteiger partial charge on any atom is 0.439 e. The second-order valence-corrected chi connectivity index (χ2v) is 7.11. The van der Waals surface area contributed by atoms with Gasteiger partial charge in [0, 0.05) is 22.5 Å². The Labute approximate surface area is 171 Å². The van der Waals surface area contributed by atoms with Crippen LogP contribution in [0.3, 0.4) is 0 Å². The summed E-state index contributed by atoms with van der Waals surface area (Å²) in [6.45, 7) is 0. The van der Waals surface area contributed by atoms with Crippen molar-refractivity contribution >= 4 is 44.1 Å². The number of carbonyl (C=O) groups excluding carboxylic acids is 1. The van der Waals surface area contributed by atoms with Crippen LogP contribution in [-0.4, -0.2) is 20.6 Å². The number of aromatic nitrogens is 3. The summed E-state index contributed by atoms with van der Waals surface area (Å²) in [5.74, 6) is -1.04. The van der Waals surface area contributed by atoms with Crippen molar-refractivity contribution in [3.8, 4) is 17.5 Å². The fourth-order valence-corrected chi connectivity index (χ4v) is 3.57. The van der Waals surface area contributed by atoms with E-state index in [4.69, 9.17) is 11.0 Å². The number of benzene rings is 2. The van der Waals surface area contributed by atoms with Crippen LogP contribution in [0.15, 0.2) is 50.2 Å².